The fraction of sp³-hybridized carbons (Fsp3) is 0.667. The number of hydrogen-bond acceptors (Lipinski definition) is 2. The summed E-state index contributed by atoms with van der Waals surface area (Å²) in [6.07, 6.45) is 5.12. The Kier molecular flexibility index (Phi) is 1.89. The van der Waals surface area contributed by atoms with Crippen LogP contribution in [0, 0.1) is 5.92 Å². The summed E-state index contributed by atoms with van der Waals surface area (Å²) in [6, 6.07) is 0. The van der Waals surface area contributed by atoms with Gasteiger partial charge in [0.1, 0.15) is 0 Å². The van der Waals surface area contributed by atoms with Crippen LogP contribution in [-0.2, 0) is 19.9 Å². The highest BCUT2D eigenvalue weighted by atomic mass is 16.3. The Bertz CT molecular complexity index is 280. The van der Waals surface area contributed by atoms with Crippen molar-refractivity contribution in [1.29, 1.82) is 0 Å². The molecule has 1 unspecified atom stereocenters. The van der Waals surface area contributed by atoms with Crippen LogP contribution in [0.25, 0.3) is 0 Å². The zero-order valence-electron chi connectivity index (χ0n) is 7.32. The van der Waals surface area contributed by atoms with Gasteiger partial charge in [0.05, 0.1) is 6.20 Å². The summed E-state index contributed by atoms with van der Waals surface area (Å²) in [5.74, 6) is 0.452. The lowest BCUT2D eigenvalue weighted by Crippen LogP contribution is -2.18. The highest BCUT2D eigenvalue weighted by Crippen LogP contribution is 2.24. The molecule has 1 heterocycles. The third kappa shape index (κ3) is 1.14. The molecule has 1 aromatic heterocycles. The largest absolute Gasteiger partial charge is 0.396 e. The summed E-state index contributed by atoms with van der Waals surface area (Å²) < 4.78 is 1.93. The van der Waals surface area contributed by atoms with Gasteiger partial charge in [0.15, 0.2) is 0 Å². The SMILES string of the molecule is Cn1ncc2c1CC(CO)CC2. The fourth-order valence-electron chi connectivity index (χ4n) is 1.87. The molecule has 0 saturated carbocycles. The van der Waals surface area contributed by atoms with Gasteiger partial charge in [-0.25, -0.2) is 0 Å². The predicted molar refractivity (Wildman–Crippen MR) is 45.8 cm³/mol. The Labute approximate surface area is 72.0 Å². The van der Waals surface area contributed by atoms with Gasteiger partial charge in [-0.05, 0) is 30.7 Å². The molecule has 2 rings (SSSR count). The van der Waals surface area contributed by atoms with Crippen molar-refractivity contribution >= 4 is 0 Å². The number of aliphatic hydroxyl groups is 1. The van der Waals surface area contributed by atoms with E-state index in [0.29, 0.717) is 12.5 Å². The van der Waals surface area contributed by atoms with E-state index in [1.807, 2.05) is 17.9 Å². The molecule has 3 heteroatoms. The van der Waals surface area contributed by atoms with Crippen molar-refractivity contribution in [2.75, 3.05) is 6.61 Å². The van der Waals surface area contributed by atoms with Gasteiger partial charge in [0.2, 0.25) is 0 Å². The molecule has 1 aliphatic carbocycles. The molecular formula is C9H14N2O. The predicted octanol–water partition coefficient (Wildman–Crippen LogP) is 0.517. The van der Waals surface area contributed by atoms with Crippen molar-refractivity contribution in [2.24, 2.45) is 13.0 Å². The third-order valence-corrected chi connectivity index (χ3v) is 2.71. The molecule has 1 N–H and O–H groups in total. The second-order valence-electron chi connectivity index (χ2n) is 3.53. The number of fused-ring (bicyclic) bond motifs is 1. The van der Waals surface area contributed by atoms with E-state index in [0.717, 1.165) is 19.3 Å². The highest BCUT2D eigenvalue weighted by molar-refractivity contribution is 5.21. The van der Waals surface area contributed by atoms with Crippen molar-refractivity contribution in [1.82, 2.24) is 9.78 Å². The molecule has 0 fully saturated rings. The molecule has 0 bridgehead atoms. The molecule has 0 amide bonds. The van der Waals surface area contributed by atoms with E-state index in [4.69, 9.17) is 5.11 Å². The number of aryl methyl sites for hydroxylation is 2. The van der Waals surface area contributed by atoms with Crippen LogP contribution in [-0.4, -0.2) is 21.5 Å². The maximum atomic E-state index is 9.02. The molecule has 0 saturated heterocycles. The number of hydrogen-bond donors (Lipinski definition) is 1. The highest BCUT2D eigenvalue weighted by Gasteiger charge is 2.20. The topological polar surface area (TPSA) is 38.0 Å². The molecule has 66 valence electrons. The van der Waals surface area contributed by atoms with Crippen LogP contribution in [0.2, 0.25) is 0 Å². The molecule has 1 atom stereocenters. The first kappa shape index (κ1) is 7.80. The number of aliphatic hydroxyl groups excluding tert-OH is 1. The lowest BCUT2D eigenvalue weighted by molar-refractivity contribution is 0.211. The first-order valence-corrected chi connectivity index (χ1v) is 4.42. The van der Waals surface area contributed by atoms with Crippen molar-refractivity contribution in [3.63, 3.8) is 0 Å². The van der Waals surface area contributed by atoms with Crippen LogP contribution in [0.1, 0.15) is 17.7 Å². The maximum Gasteiger partial charge on any atom is 0.0524 e. The van der Waals surface area contributed by atoms with Crippen molar-refractivity contribution in [2.45, 2.75) is 19.3 Å². The van der Waals surface area contributed by atoms with Crippen LogP contribution in [0.4, 0.5) is 0 Å². The van der Waals surface area contributed by atoms with Gasteiger partial charge in [0, 0.05) is 19.3 Å². The van der Waals surface area contributed by atoms with E-state index in [9.17, 15) is 0 Å². The Morgan fingerprint density at radius 1 is 1.75 bits per heavy atom. The van der Waals surface area contributed by atoms with E-state index < -0.39 is 0 Å². The van der Waals surface area contributed by atoms with E-state index in [1.165, 1.54) is 11.3 Å². The molecule has 0 spiro atoms. The van der Waals surface area contributed by atoms with E-state index in [1.54, 1.807) is 0 Å². The van der Waals surface area contributed by atoms with Gasteiger partial charge >= 0.3 is 0 Å². The second-order valence-corrected chi connectivity index (χ2v) is 3.53. The third-order valence-electron chi connectivity index (χ3n) is 2.71. The van der Waals surface area contributed by atoms with Crippen LogP contribution < -0.4 is 0 Å². The summed E-state index contributed by atoms with van der Waals surface area (Å²) in [5.41, 5.74) is 2.67. The molecule has 0 aromatic carbocycles. The minimum Gasteiger partial charge on any atom is -0.396 e. The molecule has 3 nitrogen and oxygen atoms in total. The molecule has 0 radical (unpaired) electrons. The summed E-state index contributed by atoms with van der Waals surface area (Å²) in [7, 11) is 1.97. The van der Waals surface area contributed by atoms with Gasteiger partial charge in [-0.1, -0.05) is 0 Å². The smallest absolute Gasteiger partial charge is 0.0524 e. The number of nitrogens with zero attached hydrogens (tertiary/aromatic N) is 2. The molecule has 1 aromatic rings. The average molecular weight is 166 g/mol. The van der Waals surface area contributed by atoms with Crippen molar-refractivity contribution < 1.29 is 5.11 Å². The standard InChI is InChI=1S/C9H14N2O/c1-11-9-4-7(6-12)2-3-8(9)5-10-11/h5,7,12H,2-4,6H2,1H3. The summed E-state index contributed by atoms with van der Waals surface area (Å²) in [5, 5.41) is 13.2. The number of aromatic nitrogens is 2. The Morgan fingerprint density at radius 3 is 3.33 bits per heavy atom. The van der Waals surface area contributed by atoms with Gasteiger partial charge < -0.3 is 5.11 Å². The lowest BCUT2D eigenvalue weighted by atomic mass is 9.89. The molecule has 0 aliphatic heterocycles. The normalized spacial score (nSPS) is 22.3. The minimum absolute atomic E-state index is 0.310. The van der Waals surface area contributed by atoms with Gasteiger partial charge in [-0.3, -0.25) is 4.68 Å². The minimum atomic E-state index is 0.310. The zero-order chi connectivity index (χ0) is 8.55. The molecule has 1 aliphatic rings. The Morgan fingerprint density at radius 2 is 2.58 bits per heavy atom. The van der Waals surface area contributed by atoms with Crippen LogP contribution in [0.15, 0.2) is 6.20 Å². The van der Waals surface area contributed by atoms with Crippen LogP contribution >= 0.6 is 0 Å². The first-order chi connectivity index (χ1) is 5.81. The quantitative estimate of drug-likeness (QED) is 0.660. The van der Waals surface area contributed by atoms with Gasteiger partial charge in [0.25, 0.3) is 0 Å². The van der Waals surface area contributed by atoms with E-state index >= 15 is 0 Å². The lowest BCUT2D eigenvalue weighted by Gasteiger charge is -2.20. The first-order valence-electron chi connectivity index (χ1n) is 4.42. The summed E-state index contributed by atoms with van der Waals surface area (Å²) in [6.45, 7) is 0.310. The van der Waals surface area contributed by atoms with Crippen molar-refractivity contribution in [3.05, 3.63) is 17.5 Å². The average Bonchev–Trinajstić information content (AvgIpc) is 2.47. The van der Waals surface area contributed by atoms with E-state index in [2.05, 4.69) is 5.10 Å². The monoisotopic (exact) mass is 166 g/mol. The molecule has 12 heavy (non-hydrogen) atoms. The summed E-state index contributed by atoms with van der Waals surface area (Å²) in [4.78, 5) is 0. The van der Waals surface area contributed by atoms with Crippen LogP contribution in [0.5, 0.6) is 0 Å². The van der Waals surface area contributed by atoms with Gasteiger partial charge in [-0.15, -0.1) is 0 Å². The fourth-order valence-corrected chi connectivity index (χ4v) is 1.87. The summed E-state index contributed by atoms with van der Waals surface area (Å²) >= 11 is 0. The number of rotatable bonds is 1. The van der Waals surface area contributed by atoms with Crippen LogP contribution in [0.3, 0.4) is 0 Å². The zero-order valence-corrected chi connectivity index (χ0v) is 7.32. The van der Waals surface area contributed by atoms with Crippen molar-refractivity contribution in [3.8, 4) is 0 Å². The Balaban J connectivity index is 2.26. The maximum absolute atomic E-state index is 9.02. The van der Waals surface area contributed by atoms with E-state index in [-0.39, 0.29) is 0 Å². The van der Waals surface area contributed by atoms with Gasteiger partial charge in [-0.2, -0.15) is 5.10 Å². The Hall–Kier alpha value is -0.830. The molecular weight excluding hydrogens is 152 g/mol. The second kappa shape index (κ2) is 2.90.